The van der Waals surface area contributed by atoms with E-state index in [-0.39, 0.29) is 23.3 Å². The van der Waals surface area contributed by atoms with Crippen molar-refractivity contribution in [3.8, 4) is 0 Å². The number of esters is 1. The van der Waals surface area contributed by atoms with E-state index in [1.54, 1.807) is 7.05 Å². The Morgan fingerprint density at radius 2 is 2.06 bits per heavy atom. The number of nitrogens with zero attached hydrogens (tertiary/aromatic N) is 1. The maximum absolute atomic E-state index is 11.8. The van der Waals surface area contributed by atoms with Crippen LogP contribution in [0.4, 0.5) is 0 Å². The van der Waals surface area contributed by atoms with Gasteiger partial charge in [0.15, 0.2) is 0 Å². The summed E-state index contributed by atoms with van der Waals surface area (Å²) in [6.07, 6.45) is 0.739. The number of amides is 1. The van der Waals surface area contributed by atoms with E-state index in [9.17, 15) is 9.59 Å². The first-order valence-corrected chi connectivity index (χ1v) is 5.45. The van der Waals surface area contributed by atoms with Crippen molar-refractivity contribution in [2.45, 2.75) is 19.8 Å². The number of methoxy groups -OCH3 is 1. The Labute approximate surface area is 101 Å². The lowest BCUT2D eigenvalue weighted by atomic mass is 10.1. The van der Waals surface area contributed by atoms with Crippen molar-refractivity contribution in [3.05, 3.63) is 0 Å². The van der Waals surface area contributed by atoms with E-state index in [0.29, 0.717) is 13.0 Å². The van der Waals surface area contributed by atoms with Gasteiger partial charge in [0.05, 0.1) is 24.4 Å². The standard InChI is InChI=1S/C10H18N2O3S/c1-4-7(9(11)16)10(14)12(2)6-5-8(13)15-3/h7H,4-6H2,1-3H3,(H2,11,16). The maximum Gasteiger partial charge on any atom is 0.307 e. The number of hydrogen-bond donors (Lipinski definition) is 1. The zero-order valence-electron chi connectivity index (χ0n) is 9.86. The minimum absolute atomic E-state index is 0.154. The molecule has 0 fully saturated rings. The van der Waals surface area contributed by atoms with Crippen LogP contribution < -0.4 is 5.73 Å². The van der Waals surface area contributed by atoms with Gasteiger partial charge >= 0.3 is 5.97 Å². The van der Waals surface area contributed by atoms with Gasteiger partial charge < -0.3 is 15.4 Å². The Morgan fingerprint density at radius 3 is 2.44 bits per heavy atom. The minimum atomic E-state index is -0.447. The van der Waals surface area contributed by atoms with E-state index in [0.717, 1.165) is 0 Å². The van der Waals surface area contributed by atoms with Gasteiger partial charge in [-0.1, -0.05) is 19.1 Å². The van der Waals surface area contributed by atoms with Crippen LogP contribution in [0.1, 0.15) is 19.8 Å². The van der Waals surface area contributed by atoms with E-state index >= 15 is 0 Å². The summed E-state index contributed by atoms with van der Waals surface area (Å²) in [4.78, 5) is 24.4. The fraction of sp³-hybridized carbons (Fsp3) is 0.700. The third-order valence-electron chi connectivity index (χ3n) is 2.31. The Kier molecular flexibility index (Phi) is 6.64. The van der Waals surface area contributed by atoms with Crippen LogP contribution in [0.25, 0.3) is 0 Å². The van der Waals surface area contributed by atoms with Crippen molar-refractivity contribution < 1.29 is 14.3 Å². The molecule has 1 atom stereocenters. The van der Waals surface area contributed by atoms with Crippen molar-refractivity contribution in [2.75, 3.05) is 20.7 Å². The molecule has 1 unspecified atom stereocenters. The summed E-state index contributed by atoms with van der Waals surface area (Å²) in [5.41, 5.74) is 5.46. The van der Waals surface area contributed by atoms with Gasteiger partial charge in [-0.25, -0.2) is 0 Å². The summed E-state index contributed by atoms with van der Waals surface area (Å²) in [7, 11) is 2.93. The van der Waals surface area contributed by atoms with Crippen LogP contribution in [0.15, 0.2) is 0 Å². The minimum Gasteiger partial charge on any atom is -0.469 e. The predicted octanol–water partition coefficient (Wildman–Crippen LogP) is 0.320. The van der Waals surface area contributed by atoms with Gasteiger partial charge in [-0.3, -0.25) is 9.59 Å². The van der Waals surface area contributed by atoms with E-state index < -0.39 is 5.92 Å². The summed E-state index contributed by atoms with van der Waals surface area (Å²) in [5, 5.41) is 0. The zero-order valence-corrected chi connectivity index (χ0v) is 10.7. The largest absolute Gasteiger partial charge is 0.469 e. The van der Waals surface area contributed by atoms with Crippen LogP contribution in [-0.2, 0) is 14.3 Å². The van der Waals surface area contributed by atoms with Crippen molar-refractivity contribution in [3.63, 3.8) is 0 Å². The van der Waals surface area contributed by atoms with Crippen molar-refractivity contribution in [2.24, 2.45) is 11.7 Å². The van der Waals surface area contributed by atoms with Crippen LogP contribution in [0, 0.1) is 5.92 Å². The lowest BCUT2D eigenvalue weighted by molar-refractivity contribution is -0.141. The lowest BCUT2D eigenvalue weighted by Gasteiger charge is -2.21. The summed E-state index contributed by atoms with van der Waals surface area (Å²) >= 11 is 4.81. The van der Waals surface area contributed by atoms with Gasteiger partial charge in [-0.05, 0) is 6.42 Å². The molecular weight excluding hydrogens is 228 g/mol. The molecule has 0 aliphatic heterocycles. The molecule has 16 heavy (non-hydrogen) atoms. The van der Waals surface area contributed by atoms with Crippen molar-refractivity contribution in [1.82, 2.24) is 4.90 Å². The van der Waals surface area contributed by atoms with Gasteiger partial charge in [0.2, 0.25) is 5.91 Å². The van der Waals surface area contributed by atoms with Gasteiger partial charge in [-0.2, -0.15) is 0 Å². The van der Waals surface area contributed by atoms with Crippen molar-refractivity contribution >= 4 is 29.1 Å². The second kappa shape index (κ2) is 7.16. The SMILES string of the molecule is CCC(C(=O)N(C)CCC(=O)OC)C(N)=S. The summed E-state index contributed by atoms with van der Waals surface area (Å²) < 4.78 is 4.49. The Balaban J connectivity index is 4.26. The highest BCUT2D eigenvalue weighted by Crippen LogP contribution is 2.07. The molecule has 0 saturated heterocycles. The first-order valence-electron chi connectivity index (χ1n) is 5.05. The van der Waals surface area contributed by atoms with Gasteiger partial charge in [0.25, 0.3) is 0 Å². The molecule has 0 bridgehead atoms. The molecule has 0 heterocycles. The lowest BCUT2D eigenvalue weighted by Crippen LogP contribution is -2.39. The molecular formula is C10H18N2O3S. The number of carbonyl (C=O) groups is 2. The van der Waals surface area contributed by atoms with Crippen LogP contribution in [0.2, 0.25) is 0 Å². The first kappa shape index (κ1) is 14.8. The summed E-state index contributed by atoms with van der Waals surface area (Å²) in [6.45, 7) is 2.15. The zero-order chi connectivity index (χ0) is 12.7. The third kappa shape index (κ3) is 4.57. The molecule has 0 rings (SSSR count). The topological polar surface area (TPSA) is 72.6 Å². The van der Waals surface area contributed by atoms with E-state index in [1.165, 1.54) is 12.0 Å². The molecule has 0 aromatic carbocycles. The molecule has 1 amide bonds. The first-order chi connectivity index (χ1) is 7.43. The molecule has 0 spiro atoms. The summed E-state index contributed by atoms with van der Waals surface area (Å²) in [5.74, 6) is -0.945. The molecule has 5 nitrogen and oxygen atoms in total. The predicted molar refractivity (Wildman–Crippen MR) is 64.8 cm³/mol. The average molecular weight is 246 g/mol. The Morgan fingerprint density at radius 1 is 1.50 bits per heavy atom. The molecule has 6 heteroatoms. The number of nitrogens with two attached hydrogens (primary N) is 1. The molecule has 0 aromatic rings. The van der Waals surface area contributed by atoms with Crippen LogP contribution in [0.3, 0.4) is 0 Å². The quantitative estimate of drug-likeness (QED) is 0.540. The molecule has 0 radical (unpaired) electrons. The smallest absolute Gasteiger partial charge is 0.307 e. The number of rotatable bonds is 6. The monoisotopic (exact) mass is 246 g/mol. The molecule has 0 aliphatic carbocycles. The second-order valence-corrected chi connectivity index (χ2v) is 3.92. The normalized spacial score (nSPS) is 11.7. The maximum atomic E-state index is 11.8. The number of hydrogen-bond acceptors (Lipinski definition) is 4. The van der Waals surface area contributed by atoms with E-state index in [1.807, 2.05) is 6.92 Å². The van der Waals surface area contributed by atoms with Crippen LogP contribution in [0.5, 0.6) is 0 Å². The molecule has 0 saturated carbocycles. The molecule has 0 aromatic heterocycles. The number of thiocarbonyl (C=S) groups is 1. The highest BCUT2D eigenvalue weighted by molar-refractivity contribution is 7.80. The third-order valence-corrected chi connectivity index (χ3v) is 2.59. The van der Waals surface area contributed by atoms with Crippen LogP contribution in [-0.4, -0.2) is 42.5 Å². The van der Waals surface area contributed by atoms with Crippen molar-refractivity contribution in [1.29, 1.82) is 0 Å². The summed E-state index contributed by atoms with van der Waals surface area (Å²) in [6, 6.07) is 0. The molecule has 2 N–H and O–H groups in total. The molecule has 0 aliphatic rings. The number of carbonyl (C=O) groups excluding carboxylic acids is 2. The average Bonchev–Trinajstić information content (AvgIpc) is 2.25. The molecule has 92 valence electrons. The van der Waals surface area contributed by atoms with E-state index in [2.05, 4.69) is 4.74 Å². The highest BCUT2D eigenvalue weighted by Gasteiger charge is 2.22. The highest BCUT2D eigenvalue weighted by atomic mass is 32.1. The Hall–Kier alpha value is -1.17. The number of ether oxygens (including phenoxy) is 1. The second-order valence-electron chi connectivity index (χ2n) is 3.45. The van der Waals surface area contributed by atoms with Gasteiger partial charge in [-0.15, -0.1) is 0 Å². The Bertz CT molecular complexity index is 281. The van der Waals surface area contributed by atoms with Crippen LogP contribution >= 0.6 is 12.2 Å². The van der Waals surface area contributed by atoms with Gasteiger partial charge in [0, 0.05) is 13.6 Å². The van der Waals surface area contributed by atoms with Gasteiger partial charge in [0.1, 0.15) is 0 Å². The fourth-order valence-corrected chi connectivity index (χ4v) is 1.50. The fourth-order valence-electron chi connectivity index (χ4n) is 1.23. The van der Waals surface area contributed by atoms with E-state index in [4.69, 9.17) is 18.0 Å².